The second-order valence-electron chi connectivity index (χ2n) is 10.8. The van der Waals surface area contributed by atoms with Gasteiger partial charge < -0.3 is 9.64 Å². The van der Waals surface area contributed by atoms with Gasteiger partial charge in [0.15, 0.2) is 0 Å². The number of imide groups is 1. The Kier molecular flexibility index (Phi) is 6.57. The van der Waals surface area contributed by atoms with Gasteiger partial charge in [0.1, 0.15) is 17.9 Å². The standard InChI is InChI=1S/C28H29F3N4O4/c29-28(30,31)18-5-8-21(32-12-18)17-13-34(14-17)22-3-1-2-4-24(22)39-19-6-7-20-16(11-19)15-35(27(20)38)23-9-10-25(36)33-26(23)37/h5-8,11-12,17,22-24H,1-4,9-10,13-15H2,(H,33,36,37)/t22-,23+,24-/m1/s1. The van der Waals surface area contributed by atoms with E-state index in [2.05, 4.69) is 15.2 Å². The lowest BCUT2D eigenvalue weighted by atomic mass is 9.85. The zero-order valence-electron chi connectivity index (χ0n) is 21.2. The molecule has 1 saturated carbocycles. The summed E-state index contributed by atoms with van der Waals surface area (Å²) in [6, 6.07) is 7.51. The second-order valence-corrected chi connectivity index (χ2v) is 10.8. The highest BCUT2D eigenvalue weighted by Crippen LogP contribution is 2.37. The van der Waals surface area contributed by atoms with E-state index >= 15 is 0 Å². The van der Waals surface area contributed by atoms with Crippen LogP contribution < -0.4 is 10.1 Å². The molecule has 4 heterocycles. The number of fused-ring (bicyclic) bond motifs is 1. The van der Waals surface area contributed by atoms with E-state index in [4.69, 9.17) is 4.74 Å². The molecule has 0 unspecified atom stereocenters. The molecule has 3 fully saturated rings. The lowest BCUT2D eigenvalue weighted by Crippen LogP contribution is -2.57. The Morgan fingerprint density at radius 3 is 2.51 bits per heavy atom. The number of nitrogens with one attached hydrogen (secondary N) is 1. The van der Waals surface area contributed by atoms with Gasteiger partial charge in [0.25, 0.3) is 5.91 Å². The topological polar surface area (TPSA) is 91.8 Å². The van der Waals surface area contributed by atoms with Crippen molar-refractivity contribution in [1.82, 2.24) is 20.1 Å². The number of rotatable bonds is 5. The molecule has 1 aromatic carbocycles. The quantitative estimate of drug-likeness (QED) is 0.580. The average molecular weight is 543 g/mol. The van der Waals surface area contributed by atoms with Crippen molar-refractivity contribution in [3.8, 4) is 5.75 Å². The minimum Gasteiger partial charge on any atom is -0.489 e. The van der Waals surface area contributed by atoms with Gasteiger partial charge in [-0.2, -0.15) is 13.2 Å². The number of halogens is 3. The lowest BCUT2D eigenvalue weighted by molar-refractivity contribution is -0.138. The van der Waals surface area contributed by atoms with Gasteiger partial charge in [0.2, 0.25) is 11.8 Å². The zero-order valence-corrected chi connectivity index (χ0v) is 21.2. The van der Waals surface area contributed by atoms with Crippen molar-refractivity contribution in [2.24, 2.45) is 0 Å². The minimum absolute atomic E-state index is 0.0401. The van der Waals surface area contributed by atoms with Gasteiger partial charge in [-0.3, -0.25) is 29.6 Å². The van der Waals surface area contributed by atoms with Crippen LogP contribution in [0, 0.1) is 0 Å². The van der Waals surface area contributed by atoms with Crippen LogP contribution in [-0.4, -0.2) is 63.8 Å². The number of benzene rings is 1. The Labute approximate surface area is 223 Å². The molecule has 1 aliphatic carbocycles. The second kappa shape index (κ2) is 9.93. The highest BCUT2D eigenvalue weighted by Gasteiger charge is 2.41. The number of carbonyl (C=O) groups excluding carboxylic acids is 3. The molecule has 2 saturated heterocycles. The van der Waals surface area contributed by atoms with Crippen LogP contribution in [0.1, 0.15) is 71.6 Å². The fourth-order valence-corrected chi connectivity index (χ4v) is 6.22. The molecule has 0 bridgehead atoms. The number of likely N-dealkylation sites (tertiary alicyclic amines) is 1. The van der Waals surface area contributed by atoms with Crippen LogP contribution in [0.15, 0.2) is 36.5 Å². The van der Waals surface area contributed by atoms with Crippen LogP contribution in [0.4, 0.5) is 13.2 Å². The van der Waals surface area contributed by atoms with Crippen LogP contribution in [0.2, 0.25) is 0 Å². The van der Waals surface area contributed by atoms with Crippen LogP contribution in [0.3, 0.4) is 0 Å². The molecular formula is C28H29F3N4O4. The Balaban J connectivity index is 1.09. The van der Waals surface area contributed by atoms with Crippen LogP contribution in [-0.2, 0) is 22.3 Å². The number of aromatic nitrogens is 1. The fourth-order valence-electron chi connectivity index (χ4n) is 6.22. The van der Waals surface area contributed by atoms with Crippen molar-refractivity contribution in [1.29, 1.82) is 0 Å². The van der Waals surface area contributed by atoms with Gasteiger partial charge in [-0.15, -0.1) is 0 Å². The molecule has 11 heteroatoms. The largest absolute Gasteiger partial charge is 0.489 e. The van der Waals surface area contributed by atoms with Crippen LogP contribution in [0.25, 0.3) is 0 Å². The van der Waals surface area contributed by atoms with Crippen LogP contribution >= 0.6 is 0 Å². The normalized spacial score (nSPS) is 26.3. The zero-order chi connectivity index (χ0) is 27.3. The van der Waals surface area contributed by atoms with E-state index in [1.54, 1.807) is 12.1 Å². The summed E-state index contributed by atoms with van der Waals surface area (Å²) in [5.74, 6) is -0.204. The van der Waals surface area contributed by atoms with E-state index in [9.17, 15) is 27.6 Å². The number of hydrogen-bond acceptors (Lipinski definition) is 6. The third kappa shape index (κ3) is 4.99. The Morgan fingerprint density at radius 1 is 1.00 bits per heavy atom. The molecule has 4 aliphatic rings. The van der Waals surface area contributed by atoms with Gasteiger partial charge >= 0.3 is 6.18 Å². The molecule has 1 N–H and O–H groups in total. The molecule has 206 valence electrons. The van der Waals surface area contributed by atoms with Crippen molar-refractivity contribution in [3.05, 3.63) is 58.9 Å². The molecule has 6 rings (SSSR count). The molecule has 0 spiro atoms. The molecule has 3 amide bonds. The Hall–Kier alpha value is -3.47. The summed E-state index contributed by atoms with van der Waals surface area (Å²) in [7, 11) is 0. The van der Waals surface area contributed by atoms with Gasteiger partial charge in [-0.05, 0) is 61.6 Å². The van der Waals surface area contributed by atoms with Gasteiger partial charge in [0, 0.05) is 55.5 Å². The summed E-state index contributed by atoms with van der Waals surface area (Å²) >= 11 is 0. The first-order chi connectivity index (χ1) is 18.7. The number of piperidine rings is 1. The summed E-state index contributed by atoms with van der Waals surface area (Å²) in [6.45, 7) is 1.74. The van der Waals surface area contributed by atoms with Crippen LogP contribution in [0.5, 0.6) is 5.75 Å². The van der Waals surface area contributed by atoms with E-state index in [0.717, 1.165) is 56.6 Å². The summed E-state index contributed by atoms with van der Waals surface area (Å²) < 4.78 is 45.0. The monoisotopic (exact) mass is 542 g/mol. The number of pyridine rings is 1. The maximum Gasteiger partial charge on any atom is 0.417 e. The third-order valence-electron chi connectivity index (χ3n) is 8.36. The first kappa shape index (κ1) is 25.8. The van der Waals surface area contributed by atoms with Crippen molar-refractivity contribution < 1.29 is 32.3 Å². The van der Waals surface area contributed by atoms with Gasteiger partial charge in [-0.25, -0.2) is 0 Å². The molecule has 3 aliphatic heterocycles. The molecule has 8 nitrogen and oxygen atoms in total. The van der Waals surface area contributed by atoms with E-state index in [-0.39, 0.29) is 36.3 Å². The lowest BCUT2D eigenvalue weighted by Gasteiger charge is -2.48. The maximum absolute atomic E-state index is 13.0. The number of alkyl halides is 3. The minimum atomic E-state index is -4.39. The van der Waals surface area contributed by atoms with Gasteiger partial charge in [-0.1, -0.05) is 6.42 Å². The number of carbonyl (C=O) groups is 3. The highest BCUT2D eigenvalue weighted by molar-refractivity contribution is 6.05. The summed E-state index contributed by atoms with van der Waals surface area (Å²) in [6.07, 6.45) is 1.00. The molecular weight excluding hydrogens is 513 g/mol. The highest BCUT2D eigenvalue weighted by atomic mass is 19.4. The third-order valence-corrected chi connectivity index (χ3v) is 8.36. The molecule has 0 radical (unpaired) electrons. The van der Waals surface area contributed by atoms with E-state index in [1.807, 2.05) is 6.07 Å². The summed E-state index contributed by atoms with van der Waals surface area (Å²) in [4.78, 5) is 44.7. The van der Waals surface area contributed by atoms with E-state index in [0.29, 0.717) is 30.0 Å². The van der Waals surface area contributed by atoms with Crippen molar-refractivity contribution in [3.63, 3.8) is 0 Å². The molecule has 1 aromatic heterocycles. The van der Waals surface area contributed by atoms with Gasteiger partial charge in [0.05, 0.1) is 5.56 Å². The molecule has 39 heavy (non-hydrogen) atoms. The number of nitrogens with zero attached hydrogens (tertiary/aromatic N) is 3. The Bertz CT molecular complexity index is 1290. The van der Waals surface area contributed by atoms with E-state index < -0.39 is 23.7 Å². The SMILES string of the molecule is O=C1CC[C@H](N2Cc3cc(O[C@@H]4CCCC[C@H]4N4CC(c5ccc(C(F)(F)F)cn5)C4)ccc3C2=O)C(=O)N1. The molecule has 3 atom stereocenters. The van der Waals surface area contributed by atoms with Crippen molar-refractivity contribution in [2.45, 2.75) is 75.4 Å². The molecule has 2 aromatic rings. The van der Waals surface area contributed by atoms with Crippen molar-refractivity contribution >= 4 is 17.7 Å². The number of hydrogen-bond donors (Lipinski definition) is 1. The average Bonchev–Trinajstić information content (AvgIpc) is 3.19. The fraction of sp³-hybridized carbons (Fsp3) is 0.500. The summed E-state index contributed by atoms with van der Waals surface area (Å²) in [5, 5.41) is 2.32. The first-order valence-electron chi connectivity index (χ1n) is 13.4. The predicted molar refractivity (Wildman–Crippen MR) is 133 cm³/mol. The maximum atomic E-state index is 13.0. The van der Waals surface area contributed by atoms with Crippen molar-refractivity contribution in [2.75, 3.05) is 13.1 Å². The number of amides is 3. The van der Waals surface area contributed by atoms with E-state index in [1.165, 1.54) is 11.0 Å². The smallest absolute Gasteiger partial charge is 0.417 e. The predicted octanol–water partition coefficient (Wildman–Crippen LogP) is 3.65. The first-order valence-corrected chi connectivity index (χ1v) is 13.4. The summed E-state index contributed by atoms with van der Waals surface area (Å²) in [5.41, 5.74) is 1.28. The Morgan fingerprint density at radius 2 is 1.79 bits per heavy atom. The number of ether oxygens (including phenoxy) is 1.